The maximum absolute atomic E-state index is 5.93. The van der Waals surface area contributed by atoms with Gasteiger partial charge in [0, 0.05) is 18.1 Å². The highest BCUT2D eigenvalue weighted by Gasteiger charge is 2.05. The summed E-state index contributed by atoms with van der Waals surface area (Å²) in [5.74, 6) is 1.55. The summed E-state index contributed by atoms with van der Waals surface area (Å²) in [5.41, 5.74) is 1.26. The second-order valence-corrected chi connectivity index (χ2v) is 4.92. The molecular weight excluding hydrogens is 226 g/mol. The smallest absolute Gasteiger partial charge is 0.0409 e. The molecule has 0 fully saturated rings. The molecule has 0 saturated heterocycles. The number of benzene rings is 1. The SMILES string of the molecule is CC(CS)CN(C)Cc1cccc(Cl)c1. The van der Waals surface area contributed by atoms with Gasteiger partial charge in [0.2, 0.25) is 0 Å². The van der Waals surface area contributed by atoms with Gasteiger partial charge in [0.25, 0.3) is 0 Å². The third kappa shape index (κ3) is 4.92. The molecule has 0 radical (unpaired) electrons. The molecule has 0 heterocycles. The van der Waals surface area contributed by atoms with Crippen LogP contribution in [0.4, 0.5) is 0 Å². The maximum atomic E-state index is 5.93. The number of rotatable bonds is 5. The van der Waals surface area contributed by atoms with Crippen LogP contribution in [0.15, 0.2) is 24.3 Å². The highest BCUT2D eigenvalue weighted by atomic mass is 35.5. The van der Waals surface area contributed by atoms with E-state index in [1.165, 1.54) is 5.56 Å². The van der Waals surface area contributed by atoms with E-state index in [9.17, 15) is 0 Å². The lowest BCUT2D eigenvalue weighted by Crippen LogP contribution is -2.24. The first-order valence-corrected chi connectivity index (χ1v) is 6.16. The van der Waals surface area contributed by atoms with Crippen LogP contribution >= 0.6 is 24.2 Å². The van der Waals surface area contributed by atoms with Crippen LogP contribution in [0.1, 0.15) is 12.5 Å². The molecular formula is C12H18ClNS. The van der Waals surface area contributed by atoms with E-state index < -0.39 is 0 Å². The van der Waals surface area contributed by atoms with Gasteiger partial charge in [-0.25, -0.2) is 0 Å². The van der Waals surface area contributed by atoms with E-state index >= 15 is 0 Å². The Morgan fingerprint density at radius 1 is 1.47 bits per heavy atom. The molecule has 1 unspecified atom stereocenters. The Morgan fingerprint density at radius 2 is 2.20 bits per heavy atom. The maximum Gasteiger partial charge on any atom is 0.0409 e. The van der Waals surface area contributed by atoms with Crippen LogP contribution in [0.2, 0.25) is 5.02 Å². The molecule has 0 aliphatic heterocycles. The zero-order valence-electron chi connectivity index (χ0n) is 9.28. The predicted molar refractivity (Wildman–Crippen MR) is 70.8 cm³/mol. The van der Waals surface area contributed by atoms with Crippen LogP contribution in [-0.4, -0.2) is 24.2 Å². The van der Waals surface area contributed by atoms with E-state index in [2.05, 4.69) is 37.6 Å². The zero-order valence-corrected chi connectivity index (χ0v) is 10.9. The van der Waals surface area contributed by atoms with Gasteiger partial charge in [-0.3, -0.25) is 0 Å². The third-order valence-corrected chi connectivity index (χ3v) is 3.13. The largest absolute Gasteiger partial charge is 0.302 e. The standard InChI is InChI=1S/C12H18ClNS/c1-10(9-15)7-14(2)8-11-4-3-5-12(13)6-11/h3-6,10,15H,7-9H2,1-2H3. The monoisotopic (exact) mass is 243 g/mol. The molecule has 84 valence electrons. The van der Waals surface area contributed by atoms with Crippen molar-refractivity contribution >= 4 is 24.2 Å². The normalized spacial score (nSPS) is 13.1. The predicted octanol–water partition coefficient (Wildman–Crippen LogP) is 3.34. The van der Waals surface area contributed by atoms with E-state index in [0.717, 1.165) is 23.9 Å². The summed E-state index contributed by atoms with van der Waals surface area (Å²) in [7, 11) is 2.13. The molecule has 0 aliphatic rings. The fourth-order valence-electron chi connectivity index (χ4n) is 1.60. The Bertz CT molecular complexity index is 303. The number of halogens is 1. The summed E-state index contributed by atoms with van der Waals surface area (Å²) < 4.78 is 0. The van der Waals surface area contributed by atoms with Crippen molar-refractivity contribution in [1.29, 1.82) is 0 Å². The van der Waals surface area contributed by atoms with Crippen molar-refractivity contribution in [3.05, 3.63) is 34.9 Å². The van der Waals surface area contributed by atoms with Gasteiger partial charge in [0.05, 0.1) is 0 Å². The number of nitrogens with zero attached hydrogens (tertiary/aromatic N) is 1. The lowest BCUT2D eigenvalue weighted by molar-refractivity contribution is 0.291. The van der Waals surface area contributed by atoms with Crippen molar-refractivity contribution < 1.29 is 0 Å². The average Bonchev–Trinajstić information content (AvgIpc) is 2.17. The fraction of sp³-hybridized carbons (Fsp3) is 0.500. The van der Waals surface area contributed by atoms with Crippen molar-refractivity contribution in [2.75, 3.05) is 19.3 Å². The minimum absolute atomic E-state index is 0.623. The lowest BCUT2D eigenvalue weighted by Gasteiger charge is -2.20. The van der Waals surface area contributed by atoms with E-state index in [0.29, 0.717) is 5.92 Å². The Hall–Kier alpha value is -0.180. The molecule has 3 heteroatoms. The van der Waals surface area contributed by atoms with Gasteiger partial charge in [-0.15, -0.1) is 0 Å². The van der Waals surface area contributed by atoms with Gasteiger partial charge in [0.1, 0.15) is 0 Å². The van der Waals surface area contributed by atoms with Crippen molar-refractivity contribution in [1.82, 2.24) is 4.90 Å². The van der Waals surface area contributed by atoms with Gasteiger partial charge in [-0.1, -0.05) is 30.7 Å². The molecule has 0 amide bonds. The fourth-order valence-corrected chi connectivity index (χ4v) is 1.93. The second-order valence-electron chi connectivity index (χ2n) is 4.11. The van der Waals surface area contributed by atoms with Crippen molar-refractivity contribution in [2.24, 2.45) is 5.92 Å². The van der Waals surface area contributed by atoms with Gasteiger partial charge >= 0.3 is 0 Å². The van der Waals surface area contributed by atoms with Gasteiger partial charge < -0.3 is 4.90 Å². The van der Waals surface area contributed by atoms with E-state index in [1.807, 2.05) is 18.2 Å². The van der Waals surface area contributed by atoms with Crippen LogP contribution in [-0.2, 0) is 6.54 Å². The summed E-state index contributed by atoms with van der Waals surface area (Å²) in [6, 6.07) is 8.02. The molecule has 0 bridgehead atoms. The van der Waals surface area contributed by atoms with Crippen LogP contribution in [0.3, 0.4) is 0 Å². The van der Waals surface area contributed by atoms with Crippen molar-refractivity contribution in [3.63, 3.8) is 0 Å². The first-order valence-electron chi connectivity index (χ1n) is 5.15. The molecule has 0 saturated carbocycles. The lowest BCUT2D eigenvalue weighted by atomic mass is 10.1. The third-order valence-electron chi connectivity index (χ3n) is 2.28. The van der Waals surface area contributed by atoms with Gasteiger partial charge in [-0.05, 0) is 36.4 Å². The van der Waals surface area contributed by atoms with E-state index in [1.54, 1.807) is 0 Å². The average molecular weight is 244 g/mol. The minimum atomic E-state index is 0.623. The summed E-state index contributed by atoms with van der Waals surface area (Å²) in [6.45, 7) is 4.22. The summed E-state index contributed by atoms with van der Waals surface area (Å²) in [6.07, 6.45) is 0. The minimum Gasteiger partial charge on any atom is -0.302 e. The Morgan fingerprint density at radius 3 is 2.80 bits per heavy atom. The molecule has 0 aromatic heterocycles. The summed E-state index contributed by atoms with van der Waals surface area (Å²) >= 11 is 10.2. The van der Waals surface area contributed by atoms with Crippen LogP contribution in [0, 0.1) is 5.92 Å². The Kier molecular flexibility index (Phi) is 5.51. The number of thiol groups is 1. The molecule has 0 spiro atoms. The van der Waals surface area contributed by atoms with E-state index in [4.69, 9.17) is 11.6 Å². The molecule has 0 aliphatic carbocycles. The topological polar surface area (TPSA) is 3.24 Å². The van der Waals surface area contributed by atoms with E-state index in [-0.39, 0.29) is 0 Å². The van der Waals surface area contributed by atoms with Gasteiger partial charge in [0.15, 0.2) is 0 Å². The quantitative estimate of drug-likeness (QED) is 0.777. The first-order chi connectivity index (χ1) is 7.11. The van der Waals surface area contributed by atoms with Gasteiger partial charge in [-0.2, -0.15) is 12.6 Å². The van der Waals surface area contributed by atoms with Crippen LogP contribution in [0.5, 0.6) is 0 Å². The molecule has 1 aromatic carbocycles. The molecule has 1 aromatic rings. The number of hydrogen-bond acceptors (Lipinski definition) is 2. The Labute approximate surface area is 103 Å². The highest BCUT2D eigenvalue weighted by molar-refractivity contribution is 7.80. The number of hydrogen-bond donors (Lipinski definition) is 1. The second kappa shape index (κ2) is 6.41. The first kappa shape index (κ1) is 12.9. The molecule has 1 atom stereocenters. The molecule has 15 heavy (non-hydrogen) atoms. The van der Waals surface area contributed by atoms with Crippen LogP contribution in [0.25, 0.3) is 0 Å². The molecule has 1 rings (SSSR count). The highest BCUT2D eigenvalue weighted by Crippen LogP contribution is 2.12. The molecule has 1 nitrogen and oxygen atoms in total. The van der Waals surface area contributed by atoms with Crippen molar-refractivity contribution in [3.8, 4) is 0 Å². The summed E-state index contributed by atoms with van der Waals surface area (Å²) in [5, 5.41) is 0.808. The Balaban J connectivity index is 2.47. The zero-order chi connectivity index (χ0) is 11.3. The van der Waals surface area contributed by atoms with Crippen molar-refractivity contribution in [2.45, 2.75) is 13.5 Å². The molecule has 0 N–H and O–H groups in total. The van der Waals surface area contributed by atoms with Crippen LogP contribution < -0.4 is 0 Å². The summed E-state index contributed by atoms with van der Waals surface area (Å²) in [4.78, 5) is 2.30.